The van der Waals surface area contributed by atoms with Crippen molar-refractivity contribution >= 4 is 0 Å². The molecule has 0 aliphatic carbocycles. The van der Waals surface area contributed by atoms with E-state index in [1.807, 2.05) is 0 Å². The Bertz CT molecular complexity index is 668. The van der Waals surface area contributed by atoms with Crippen LogP contribution in [0.1, 0.15) is 134 Å². The summed E-state index contributed by atoms with van der Waals surface area (Å²) in [5.41, 5.74) is 1.21. The van der Waals surface area contributed by atoms with Gasteiger partial charge in [0, 0.05) is 13.2 Å². The zero-order chi connectivity index (χ0) is 28.4. The van der Waals surface area contributed by atoms with Crippen molar-refractivity contribution in [1.82, 2.24) is 0 Å². The monoisotopic (exact) mass is 687 g/mol. The fourth-order valence-electron chi connectivity index (χ4n) is 5.96. The summed E-state index contributed by atoms with van der Waals surface area (Å²) < 4.78 is 19.6. The standard InChI is InChI=1S/C36H66NO3.HI/c1-3-4-5-6-7-8-9-10-11-12-13-14-15-23-30-38-33-36(40-32-35-25-18-16-19-26-35)34-39-31-24-22-29-37(2)27-20-17-21-28-37;/h16,18-19,25-26,36H,3-15,17,20-24,27-34H2,1-2H3;1H/q+1;/p-1. The van der Waals surface area contributed by atoms with E-state index in [4.69, 9.17) is 14.2 Å². The van der Waals surface area contributed by atoms with Crippen LogP contribution in [0, 0.1) is 0 Å². The van der Waals surface area contributed by atoms with Gasteiger partial charge in [-0.3, -0.25) is 0 Å². The van der Waals surface area contributed by atoms with E-state index in [2.05, 4.69) is 44.3 Å². The van der Waals surface area contributed by atoms with E-state index in [1.54, 1.807) is 0 Å². The third-order valence-electron chi connectivity index (χ3n) is 8.71. The number of ether oxygens (including phenoxy) is 3. The maximum Gasteiger partial charge on any atom is 0.105 e. The summed E-state index contributed by atoms with van der Waals surface area (Å²) in [5.74, 6) is 0. The highest BCUT2D eigenvalue weighted by atomic mass is 127. The van der Waals surface area contributed by atoms with Crippen LogP contribution in [-0.4, -0.2) is 63.7 Å². The lowest BCUT2D eigenvalue weighted by Gasteiger charge is -2.37. The Hall–Kier alpha value is -0.210. The molecule has 1 fully saturated rings. The van der Waals surface area contributed by atoms with Crippen molar-refractivity contribution < 1.29 is 42.7 Å². The SMILES string of the molecule is CCCCCCCCCCCCCCCCOCC(COCCCC[N+]1(C)CCCCC1)OCc1ccccc1.[I-]. The molecule has 0 radical (unpaired) electrons. The van der Waals surface area contributed by atoms with Crippen LogP contribution in [0.3, 0.4) is 0 Å². The van der Waals surface area contributed by atoms with E-state index < -0.39 is 0 Å². The second kappa shape index (κ2) is 27.3. The van der Waals surface area contributed by atoms with Crippen LogP contribution >= 0.6 is 0 Å². The molecule has 0 spiro atoms. The van der Waals surface area contributed by atoms with Crippen LogP contribution < -0.4 is 24.0 Å². The summed E-state index contributed by atoms with van der Waals surface area (Å²) in [6, 6.07) is 10.4. The molecule has 1 aliphatic heterocycles. The number of hydrogen-bond donors (Lipinski definition) is 0. The molecule has 4 nitrogen and oxygen atoms in total. The summed E-state index contributed by atoms with van der Waals surface area (Å²) in [7, 11) is 2.43. The van der Waals surface area contributed by atoms with E-state index in [-0.39, 0.29) is 30.1 Å². The Morgan fingerprint density at radius 1 is 0.634 bits per heavy atom. The van der Waals surface area contributed by atoms with Crippen LogP contribution in [0.15, 0.2) is 30.3 Å². The smallest absolute Gasteiger partial charge is 0.105 e. The van der Waals surface area contributed by atoms with E-state index >= 15 is 0 Å². The first kappa shape index (κ1) is 38.8. The molecule has 240 valence electrons. The molecule has 41 heavy (non-hydrogen) atoms. The molecule has 0 N–H and O–H groups in total. The Morgan fingerprint density at radius 3 is 1.66 bits per heavy atom. The first-order valence-corrected chi connectivity index (χ1v) is 17.4. The Balaban J connectivity index is 0.00000840. The predicted molar refractivity (Wildman–Crippen MR) is 171 cm³/mol. The minimum atomic E-state index is -0.00139. The number of likely N-dealkylation sites (tertiary alicyclic amines) is 1. The zero-order valence-corrected chi connectivity index (χ0v) is 29.3. The van der Waals surface area contributed by atoms with Gasteiger partial charge in [-0.25, -0.2) is 0 Å². The molecule has 5 heteroatoms. The van der Waals surface area contributed by atoms with Gasteiger partial charge in [0.2, 0.25) is 0 Å². The van der Waals surface area contributed by atoms with E-state index in [0.29, 0.717) is 19.8 Å². The van der Waals surface area contributed by atoms with Gasteiger partial charge in [-0.05, 0) is 44.1 Å². The summed E-state index contributed by atoms with van der Waals surface area (Å²) in [6.45, 7) is 9.82. The van der Waals surface area contributed by atoms with Gasteiger partial charge in [-0.2, -0.15) is 0 Å². The van der Waals surface area contributed by atoms with Gasteiger partial charge in [0.25, 0.3) is 0 Å². The first-order chi connectivity index (χ1) is 19.7. The lowest BCUT2D eigenvalue weighted by Crippen LogP contribution is -3.00. The molecule has 1 unspecified atom stereocenters. The van der Waals surface area contributed by atoms with Crippen LogP contribution in [0.25, 0.3) is 0 Å². The predicted octanol–water partition coefficient (Wildman–Crippen LogP) is 6.50. The molecule has 0 saturated carbocycles. The van der Waals surface area contributed by atoms with Crippen molar-refractivity contribution in [2.45, 2.75) is 142 Å². The van der Waals surface area contributed by atoms with Gasteiger partial charge in [-0.1, -0.05) is 121 Å². The van der Waals surface area contributed by atoms with Crippen molar-refractivity contribution in [2.24, 2.45) is 0 Å². The quantitative estimate of drug-likeness (QED) is 0.0601. The van der Waals surface area contributed by atoms with Gasteiger partial charge in [0.05, 0.1) is 46.5 Å². The molecule has 0 bridgehead atoms. The van der Waals surface area contributed by atoms with Crippen LogP contribution in [0.4, 0.5) is 0 Å². The number of piperidine rings is 1. The largest absolute Gasteiger partial charge is 1.00 e. The average molecular weight is 688 g/mol. The number of nitrogens with zero attached hydrogens (tertiary/aromatic N) is 1. The maximum absolute atomic E-state index is 6.22. The molecule has 1 aliphatic rings. The third-order valence-corrected chi connectivity index (χ3v) is 8.71. The Kier molecular flexibility index (Phi) is 25.9. The first-order valence-electron chi connectivity index (χ1n) is 17.4. The highest BCUT2D eigenvalue weighted by Gasteiger charge is 2.23. The van der Waals surface area contributed by atoms with Crippen LogP contribution in [-0.2, 0) is 20.8 Å². The normalized spacial score (nSPS) is 15.5. The summed E-state index contributed by atoms with van der Waals surface area (Å²) in [6.07, 6.45) is 26.0. The fourth-order valence-corrected chi connectivity index (χ4v) is 5.96. The van der Waals surface area contributed by atoms with Crippen molar-refractivity contribution in [1.29, 1.82) is 0 Å². The highest BCUT2D eigenvalue weighted by molar-refractivity contribution is 5.13. The average Bonchev–Trinajstić information content (AvgIpc) is 2.97. The van der Waals surface area contributed by atoms with Gasteiger partial charge in [0.1, 0.15) is 6.10 Å². The van der Waals surface area contributed by atoms with Gasteiger partial charge >= 0.3 is 0 Å². The number of rotatable bonds is 27. The number of unbranched alkanes of at least 4 members (excludes halogenated alkanes) is 14. The second-order valence-electron chi connectivity index (χ2n) is 12.7. The van der Waals surface area contributed by atoms with E-state index in [9.17, 15) is 0 Å². The maximum atomic E-state index is 6.22. The minimum Gasteiger partial charge on any atom is -1.00 e. The topological polar surface area (TPSA) is 27.7 Å². The Morgan fingerprint density at radius 2 is 1.12 bits per heavy atom. The molecular formula is C36H66INO3. The molecule has 1 heterocycles. The number of halogens is 1. The second-order valence-corrected chi connectivity index (χ2v) is 12.7. The summed E-state index contributed by atoms with van der Waals surface area (Å²) >= 11 is 0. The van der Waals surface area contributed by atoms with Gasteiger partial charge in [-0.15, -0.1) is 0 Å². The third kappa shape index (κ3) is 22.0. The molecule has 0 amide bonds. The zero-order valence-electron chi connectivity index (χ0n) is 27.1. The Labute approximate surface area is 272 Å². The molecule has 1 aromatic carbocycles. The van der Waals surface area contributed by atoms with E-state index in [0.717, 1.165) is 26.1 Å². The van der Waals surface area contributed by atoms with Crippen molar-refractivity contribution in [3.8, 4) is 0 Å². The van der Waals surface area contributed by atoms with Crippen molar-refractivity contribution in [3.05, 3.63) is 35.9 Å². The van der Waals surface area contributed by atoms with Gasteiger partial charge < -0.3 is 42.7 Å². The van der Waals surface area contributed by atoms with E-state index in [1.165, 1.54) is 139 Å². The molecule has 2 rings (SSSR count). The molecule has 1 aromatic rings. The molecular weight excluding hydrogens is 621 g/mol. The fraction of sp³-hybridized carbons (Fsp3) is 0.833. The minimum absolute atomic E-state index is 0. The number of benzene rings is 1. The van der Waals surface area contributed by atoms with Crippen LogP contribution in [0.2, 0.25) is 0 Å². The summed E-state index contributed by atoms with van der Waals surface area (Å²) in [4.78, 5) is 0. The van der Waals surface area contributed by atoms with Crippen molar-refractivity contribution in [3.63, 3.8) is 0 Å². The number of hydrogen-bond acceptors (Lipinski definition) is 3. The molecule has 1 saturated heterocycles. The summed E-state index contributed by atoms with van der Waals surface area (Å²) in [5, 5.41) is 0. The number of quaternary nitrogens is 1. The van der Waals surface area contributed by atoms with Crippen LogP contribution in [0.5, 0.6) is 0 Å². The molecule has 0 aromatic heterocycles. The highest BCUT2D eigenvalue weighted by Crippen LogP contribution is 2.17. The lowest BCUT2D eigenvalue weighted by atomic mass is 10.0. The van der Waals surface area contributed by atoms with Crippen molar-refractivity contribution in [2.75, 3.05) is 53.1 Å². The lowest BCUT2D eigenvalue weighted by molar-refractivity contribution is -0.914. The van der Waals surface area contributed by atoms with Gasteiger partial charge in [0.15, 0.2) is 0 Å². The molecule has 1 atom stereocenters.